The zero-order valence-electron chi connectivity index (χ0n) is 8.76. The van der Waals surface area contributed by atoms with Crippen molar-refractivity contribution in [1.29, 1.82) is 0 Å². The second kappa shape index (κ2) is 5.33. The molecule has 5 nitrogen and oxygen atoms in total. The van der Waals surface area contributed by atoms with Gasteiger partial charge in [-0.2, -0.15) is 0 Å². The predicted molar refractivity (Wildman–Crippen MR) is 67.8 cm³/mol. The molecule has 1 aliphatic heterocycles. The molecule has 2 rings (SSSR count). The van der Waals surface area contributed by atoms with Crippen LogP contribution in [0.2, 0.25) is 0 Å². The number of thiocarbonyl (C=S) groups is 1. The van der Waals surface area contributed by atoms with Crippen LogP contribution in [0, 0.1) is 0 Å². The molecule has 1 aromatic heterocycles. The van der Waals surface area contributed by atoms with Crippen molar-refractivity contribution >= 4 is 40.1 Å². The highest BCUT2D eigenvalue weighted by Crippen LogP contribution is 2.19. The highest BCUT2D eigenvalue weighted by atomic mass is 32.2. The molecule has 17 heavy (non-hydrogen) atoms. The van der Waals surface area contributed by atoms with E-state index >= 15 is 0 Å². The normalized spacial score (nSPS) is 19.1. The average Bonchev–Trinajstić information content (AvgIpc) is 2.90. The number of furan rings is 1. The molecule has 1 atom stereocenters. The van der Waals surface area contributed by atoms with E-state index in [4.69, 9.17) is 16.6 Å². The molecule has 1 fully saturated rings. The standard InChI is InChI=1S/C10H10N2O3S2/c13-8(7-2-1-4-15-7)12-10(16)11-6-3-5-17-9(6)14/h1-2,4,6H,3,5H2,(H2,11,12,13,16)/t6-/m1/s1. The Bertz CT molecular complexity index is 444. The van der Waals surface area contributed by atoms with Gasteiger partial charge in [-0.25, -0.2) is 0 Å². The van der Waals surface area contributed by atoms with Crippen LogP contribution in [0.25, 0.3) is 0 Å². The Morgan fingerprint density at radius 2 is 2.41 bits per heavy atom. The van der Waals surface area contributed by atoms with E-state index in [2.05, 4.69) is 10.6 Å². The molecular formula is C10H10N2O3S2. The van der Waals surface area contributed by atoms with Crippen molar-refractivity contribution in [3.05, 3.63) is 24.2 Å². The van der Waals surface area contributed by atoms with Gasteiger partial charge in [0.25, 0.3) is 5.91 Å². The zero-order valence-corrected chi connectivity index (χ0v) is 10.4. The number of hydrogen-bond donors (Lipinski definition) is 2. The Balaban J connectivity index is 1.85. The fourth-order valence-corrected chi connectivity index (χ4v) is 2.56. The molecule has 0 unspecified atom stereocenters. The van der Waals surface area contributed by atoms with Crippen molar-refractivity contribution < 1.29 is 14.0 Å². The van der Waals surface area contributed by atoms with Gasteiger partial charge in [-0.1, -0.05) is 11.8 Å². The fourth-order valence-electron chi connectivity index (χ4n) is 1.39. The number of hydrogen-bond acceptors (Lipinski definition) is 5. The van der Waals surface area contributed by atoms with Gasteiger partial charge in [-0.05, 0) is 30.8 Å². The topological polar surface area (TPSA) is 71.3 Å². The molecule has 1 aliphatic rings. The summed E-state index contributed by atoms with van der Waals surface area (Å²) >= 11 is 6.22. The van der Waals surface area contributed by atoms with Crippen molar-refractivity contribution in [2.24, 2.45) is 0 Å². The number of amides is 1. The maximum Gasteiger partial charge on any atom is 0.293 e. The first kappa shape index (κ1) is 12.1. The van der Waals surface area contributed by atoms with Crippen LogP contribution in [0.5, 0.6) is 0 Å². The van der Waals surface area contributed by atoms with Gasteiger partial charge >= 0.3 is 0 Å². The van der Waals surface area contributed by atoms with Gasteiger partial charge in [0.15, 0.2) is 10.9 Å². The summed E-state index contributed by atoms with van der Waals surface area (Å²) in [5.74, 6) is 0.539. The Hall–Kier alpha value is -1.34. The Kier molecular flexibility index (Phi) is 3.80. The van der Waals surface area contributed by atoms with E-state index in [9.17, 15) is 9.59 Å². The van der Waals surface area contributed by atoms with E-state index < -0.39 is 5.91 Å². The molecule has 90 valence electrons. The summed E-state index contributed by atoms with van der Waals surface area (Å²) in [6.07, 6.45) is 2.13. The highest BCUT2D eigenvalue weighted by molar-refractivity contribution is 8.14. The smallest absolute Gasteiger partial charge is 0.293 e. The van der Waals surface area contributed by atoms with Crippen LogP contribution >= 0.6 is 24.0 Å². The second-order valence-corrected chi connectivity index (χ2v) is 4.92. The minimum atomic E-state index is -0.425. The molecule has 0 aliphatic carbocycles. The third-order valence-corrected chi connectivity index (χ3v) is 3.44. The summed E-state index contributed by atoms with van der Waals surface area (Å²) in [6, 6.07) is 2.85. The van der Waals surface area contributed by atoms with E-state index in [-0.39, 0.29) is 22.0 Å². The molecule has 0 spiro atoms. The molecule has 1 amide bonds. The number of thioether (sulfide) groups is 1. The number of nitrogens with one attached hydrogen (secondary N) is 2. The van der Waals surface area contributed by atoms with Crippen LogP contribution in [-0.2, 0) is 4.79 Å². The molecule has 1 saturated heterocycles. The Morgan fingerprint density at radius 1 is 1.59 bits per heavy atom. The minimum absolute atomic E-state index is 0.0552. The first-order chi connectivity index (χ1) is 8.16. The molecule has 2 heterocycles. The van der Waals surface area contributed by atoms with Gasteiger partial charge in [-0.15, -0.1) is 0 Å². The van der Waals surface area contributed by atoms with Gasteiger partial charge < -0.3 is 9.73 Å². The SMILES string of the molecule is O=C(NC(=S)N[C@@H]1CCSC1=O)c1ccco1. The van der Waals surface area contributed by atoms with Crippen molar-refractivity contribution in [1.82, 2.24) is 10.6 Å². The average molecular weight is 270 g/mol. The first-order valence-corrected chi connectivity index (χ1v) is 6.38. The van der Waals surface area contributed by atoms with E-state index in [1.165, 1.54) is 24.1 Å². The van der Waals surface area contributed by atoms with Gasteiger partial charge in [0, 0.05) is 5.75 Å². The van der Waals surface area contributed by atoms with E-state index in [0.29, 0.717) is 0 Å². The first-order valence-electron chi connectivity index (χ1n) is 4.99. The number of rotatable bonds is 2. The highest BCUT2D eigenvalue weighted by Gasteiger charge is 2.26. The number of carbonyl (C=O) groups is 2. The monoisotopic (exact) mass is 270 g/mol. The van der Waals surface area contributed by atoms with Crippen LogP contribution in [0.4, 0.5) is 0 Å². The van der Waals surface area contributed by atoms with Gasteiger partial charge in [0.05, 0.1) is 12.3 Å². The molecule has 0 saturated carbocycles. The quantitative estimate of drug-likeness (QED) is 0.779. The summed E-state index contributed by atoms with van der Waals surface area (Å²) < 4.78 is 4.92. The van der Waals surface area contributed by atoms with Crippen molar-refractivity contribution in [3.63, 3.8) is 0 Å². The summed E-state index contributed by atoms with van der Waals surface area (Å²) in [5, 5.41) is 5.47. The van der Waals surface area contributed by atoms with E-state index in [1.54, 1.807) is 6.07 Å². The van der Waals surface area contributed by atoms with Crippen LogP contribution in [0.3, 0.4) is 0 Å². The third-order valence-electron chi connectivity index (χ3n) is 2.21. The summed E-state index contributed by atoms with van der Waals surface area (Å²) in [6.45, 7) is 0. The molecule has 7 heteroatoms. The maximum absolute atomic E-state index is 11.5. The lowest BCUT2D eigenvalue weighted by Crippen LogP contribution is -2.45. The van der Waals surface area contributed by atoms with Gasteiger partial charge in [0.1, 0.15) is 0 Å². The lowest BCUT2D eigenvalue weighted by molar-refractivity contribution is -0.111. The van der Waals surface area contributed by atoms with Crippen LogP contribution in [-0.4, -0.2) is 27.9 Å². The Labute approximate surface area is 107 Å². The molecule has 0 bridgehead atoms. The minimum Gasteiger partial charge on any atom is -0.459 e. The summed E-state index contributed by atoms with van der Waals surface area (Å²) in [7, 11) is 0. The summed E-state index contributed by atoms with van der Waals surface area (Å²) in [5.41, 5.74) is 0. The zero-order chi connectivity index (χ0) is 12.3. The predicted octanol–water partition coefficient (Wildman–Crippen LogP) is 0.916. The largest absolute Gasteiger partial charge is 0.459 e. The molecule has 0 radical (unpaired) electrons. The molecular weight excluding hydrogens is 260 g/mol. The van der Waals surface area contributed by atoms with Crippen molar-refractivity contribution in [2.45, 2.75) is 12.5 Å². The van der Waals surface area contributed by atoms with Crippen molar-refractivity contribution in [3.8, 4) is 0 Å². The lowest BCUT2D eigenvalue weighted by atomic mass is 10.2. The Morgan fingerprint density at radius 3 is 3.00 bits per heavy atom. The summed E-state index contributed by atoms with van der Waals surface area (Å²) in [4.78, 5) is 22.9. The van der Waals surface area contributed by atoms with Crippen LogP contribution in [0.1, 0.15) is 17.0 Å². The number of carbonyl (C=O) groups excluding carboxylic acids is 2. The molecule has 0 aromatic carbocycles. The van der Waals surface area contributed by atoms with E-state index in [1.807, 2.05) is 0 Å². The van der Waals surface area contributed by atoms with Gasteiger partial charge in [-0.3, -0.25) is 14.9 Å². The van der Waals surface area contributed by atoms with Gasteiger partial charge in [0.2, 0.25) is 5.12 Å². The van der Waals surface area contributed by atoms with Crippen LogP contribution < -0.4 is 10.6 Å². The third kappa shape index (κ3) is 3.07. The molecule has 1 aromatic rings. The molecule has 2 N–H and O–H groups in total. The van der Waals surface area contributed by atoms with E-state index in [0.717, 1.165) is 12.2 Å². The fraction of sp³-hybridized carbons (Fsp3) is 0.300. The lowest BCUT2D eigenvalue weighted by Gasteiger charge is -2.12. The van der Waals surface area contributed by atoms with Crippen molar-refractivity contribution in [2.75, 3.05) is 5.75 Å². The second-order valence-electron chi connectivity index (χ2n) is 3.41. The van der Waals surface area contributed by atoms with Crippen LogP contribution in [0.15, 0.2) is 22.8 Å². The maximum atomic E-state index is 11.5.